The van der Waals surface area contributed by atoms with Crippen LogP contribution in [0, 0.1) is 16.0 Å². The van der Waals surface area contributed by atoms with Crippen LogP contribution in [0.4, 0.5) is 11.4 Å². The van der Waals surface area contributed by atoms with Gasteiger partial charge in [-0.15, -0.1) is 0 Å². The van der Waals surface area contributed by atoms with E-state index in [-0.39, 0.29) is 40.9 Å². The van der Waals surface area contributed by atoms with E-state index in [0.29, 0.717) is 44.3 Å². The Morgan fingerprint density at radius 2 is 1.88 bits per heavy atom. The third kappa shape index (κ3) is 7.42. The second-order valence-corrected chi connectivity index (χ2v) is 9.09. The fourth-order valence-electron chi connectivity index (χ4n) is 4.30. The third-order valence-electron chi connectivity index (χ3n) is 6.12. The van der Waals surface area contributed by atoms with E-state index < -0.39 is 0 Å². The van der Waals surface area contributed by atoms with Gasteiger partial charge < -0.3 is 19.3 Å². The molecule has 1 fully saturated rings. The van der Waals surface area contributed by atoms with Crippen molar-refractivity contribution in [2.45, 2.75) is 58.4 Å². The van der Waals surface area contributed by atoms with E-state index in [4.69, 9.17) is 9.47 Å². The fourth-order valence-corrected chi connectivity index (χ4v) is 4.30. The van der Waals surface area contributed by atoms with Crippen LogP contribution in [0.15, 0.2) is 18.2 Å². The van der Waals surface area contributed by atoms with Crippen molar-refractivity contribution in [2.24, 2.45) is 5.92 Å². The standard InChI is InChI=1S/C24H37N3O6/c1-17(2)16-26(20-8-11-25(12-9-20)23(28)10-13-32-4)21-7-6-19(15-22(21)27(30)31)18(3)14-24(29)33-5/h6-7,15,17-18,20H,8-14,16H2,1-5H3/t18-/m1/s1. The molecule has 0 N–H and O–H groups in total. The number of carbonyl (C=O) groups is 2. The number of methoxy groups -OCH3 is 2. The first-order valence-corrected chi connectivity index (χ1v) is 11.6. The predicted molar refractivity (Wildman–Crippen MR) is 126 cm³/mol. The van der Waals surface area contributed by atoms with Crippen molar-refractivity contribution in [3.8, 4) is 0 Å². The normalized spacial score (nSPS) is 15.4. The van der Waals surface area contributed by atoms with Gasteiger partial charge >= 0.3 is 5.97 Å². The van der Waals surface area contributed by atoms with Gasteiger partial charge in [-0.2, -0.15) is 0 Å². The van der Waals surface area contributed by atoms with Gasteiger partial charge in [0.15, 0.2) is 0 Å². The molecular formula is C24H37N3O6. The van der Waals surface area contributed by atoms with Crippen LogP contribution in [-0.2, 0) is 19.1 Å². The molecule has 1 aliphatic heterocycles. The van der Waals surface area contributed by atoms with Gasteiger partial charge in [0.1, 0.15) is 5.69 Å². The minimum atomic E-state index is -0.347. The summed E-state index contributed by atoms with van der Waals surface area (Å²) in [5.41, 5.74) is 1.37. The first-order chi connectivity index (χ1) is 15.7. The average Bonchev–Trinajstić information content (AvgIpc) is 2.80. The molecule has 0 aliphatic carbocycles. The van der Waals surface area contributed by atoms with Crippen molar-refractivity contribution in [3.63, 3.8) is 0 Å². The van der Waals surface area contributed by atoms with Crippen molar-refractivity contribution in [1.82, 2.24) is 4.90 Å². The number of carbonyl (C=O) groups excluding carboxylic acids is 2. The van der Waals surface area contributed by atoms with Crippen molar-refractivity contribution < 1.29 is 24.0 Å². The number of nitro groups is 1. The lowest BCUT2D eigenvalue weighted by Gasteiger charge is -2.40. The van der Waals surface area contributed by atoms with Crippen LogP contribution >= 0.6 is 0 Å². The molecule has 33 heavy (non-hydrogen) atoms. The fraction of sp³-hybridized carbons (Fsp3) is 0.667. The molecule has 0 aromatic heterocycles. The lowest BCUT2D eigenvalue weighted by Crippen LogP contribution is -2.48. The van der Waals surface area contributed by atoms with E-state index in [1.54, 1.807) is 19.2 Å². The molecule has 9 heteroatoms. The average molecular weight is 464 g/mol. The van der Waals surface area contributed by atoms with Crippen molar-refractivity contribution >= 4 is 23.3 Å². The van der Waals surface area contributed by atoms with Gasteiger partial charge in [0.25, 0.3) is 5.69 Å². The number of hydrogen-bond acceptors (Lipinski definition) is 7. The monoisotopic (exact) mass is 463 g/mol. The van der Waals surface area contributed by atoms with Gasteiger partial charge in [-0.3, -0.25) is 19.7 Å². The maximum absolute atomic E-state index is 12.3. The van der Waals surface area contributed by atoms with Crippen LogP contribution in [0.25, 0.3) is 0 Å². The zero-order valence-electron chi connectivity index (χ0n) is 20.4. The van der Waals surface area contributed by atoms with E-state index >= 15 is 0 Å². The van der Waals surface area contributed by atoms with Gasteiger partial charge in [0.05, 0.1) is 31.5 Å². The first-order valence-electron chi connectivity index (χ1n) is 11.6. The molecule has 1 aromatic rings. The third-order valence-corrected chi connectivity index (χ3v) is 6.12. The molecule has 0 unspecified atom stereocenters. The van der Waals surface area contributed by atoms with Crippen molar-refractivity contribution in [3.05, 3.63) is 33.9 Å². The van der Waals surface area contributed by atoms with Crippen molar-refractivity contribution in [2.75, 3.05) is 45.4 Å². The molecule has 1 atom stereocenters. The topological polar surface area (TPSA) is 102 Å². The van der Waals surface area contributed by atoms with Gasteiger partial charge in [0.2, 0.25) is 5.91 Å². The number of esters is 1. The minimum absolute atomic E-state index is 0.0449. The number of anilines is 1. The summed E-state index contributed by atoms with van der Waals surface area (Å²) in [6.45, 7) is 8.39. The maximum Gasteiger partial charge on any atom is 0.306 e. The highest BCUT2D eigenvalue weighted by Crippen LogP contribution is 2.36. The summed E-state index contributed by atoms with van der Waals surface area (Å²) in [6.07, 6.45) is 2.04. The number of piperidine rings is 1. The molecule has 1 amide bonds. The van der Waals surface area contributed by atoms with Crippen LogP contribution in [0.2, 0.25) is 0 Å². The van der Waals surface area contributed by atoms with Crippen LogP contribution < -0.4 is 4.90 Å². The highest BCUT2D eigenvalue weighted by molar-refractivity contribution is 5.76. The molecule has 0 spiro atoms. The van der Waals surface area contributed by atoms with E-state index in [2.05, 4.69) is 18.7 Å². The number of nitrogens with zero attached hydrogens (tertiary/aromatic N) is 3. The van der Waals surface area contributed by atoms with Crippen molar-refractivity contribution in [1.29, 1.82) is 0 Å². The zero-order chi connectivity index (χ0) is 24.5. The number of amides is 1. The lowest BCUT2D eigenvalue weighted by molar-refractivity contribution is -0.384. The molecule has 1 aromatic carbocycles. The van der Waals surface area contributed by atoms with E-state index in [0.717, 1.165) is 18.4 Å². The second kappa shape index (κ2) is 12.5. The molecule has 0 bridgehead atoms. The number of nitro benzene ring substituents is 1. The molecule has 1 heterocycles. The summed E-state index contributed by atoms with van der Waals surface area (Å²) in [4.78, 5) is 39.6. The molecular weight excluding hydrogens is 426 g/mol. The highest BCUT2D eigenvalue weighted by atomic mass is 16.6. The lowest BCUT2D eigenvalue weighted by atomic mass is 9.95. The number of benzene rings is 1. The zero-order valence-corrected chi connectivity index (χ0v) is 20.4. The summed E-state index contributed by atoms with van der Waals surface area (Å²) in [6, 6.07) is 5.36. The van der Waals surface area contributed by atoms with E-state index in [1.165, 1.54) is 7.11 Å². The molecule has 2 rings (SSSR count). The number of hydrogen-bond donors (Lipinski definition) is 0. The Balaban J connectivity index is 2.26. The van der Waals surface area contributed by atoms with Crippen LogP contribution in [0.3, 0.4) is 0 Å². The van der Waals surface area contributed by atoms with Crippen LogP contribution in [0.1, 0.15) is 57.9 Å². The number of likely N-dealkylation sites (tertiary alicyclic amines) is 1. The summed E-state index contributed by atoms with van der Waals surface area (Å²) in [5.74, 6) is -0.142. The predicted octanol–water partition coefficient (Wildman–Crippen LogP) is 3.75. The van der Waals surface area contributed by atoms with E-state index in [9.17, 15) is 19.7 Å². The minimum Gasteiger partial charge on any atom is -0.469 e. The first kappa shape index (κ1) is 26.6. The van der Waals surface area contributed by atoms with E-state index in [1.807, 2.05) is 17.9 Å². The summed E-state index contributed by atoms with van der Waals surface area (Å²) in [5, 5.41) is 12.0. The van der Waals surface area contributed by atoms with Gasteiger partial charge in [-0.25, -0.2) is 0 Å². The molecule has 0 radical (unpaired) electrons. The van der Waals surface area contributed by atoms with Gasteiger partial charge in [-0.1, -0.05) is 26.8 Å². The Labute approximate surface area is 196 Å². The largest absolute Gasteiger partial charge is 0.469 e. The molecule has 1 saturated heterocycles. The molecule has 9 nitrogen and oxygen atoms in total. The summed E-state index contributed by atoms with van der Waals surface area (Å²) in [7, 11) is 2.92. The Morgan fingerprint density at radius 3 is 2.42 bits per heavy atom. The SMILES string of the molecule is COCCC(=O)N1CCC(N(CC(C)C)c2ccc([C@H](C)CC(=O)OC)cc2[N+](=O)[O-])CC1. The second-order valence-electron chi connectivity index (χ2n) is 9.09. The van der Waals surface area contributed by atoms with Gasteiger partial charge in [0, 0.05) is 38.9 Å². The number of rotatable bonds is 11. The van der Waals surface area contributed by atoms with Crippen LogP contribution in [-0.4, -0.2) is 68.2 Å². The van der Waals surface area contributed by atoms with Gasteiger partial charge in [-0.05, 0) is 36.3 Å². The Kier molecular flexibility index (Phi) is 10.1. The summed E-state index contributed by atoms with van der Waals surface area (Å²) < 4.78 is 9.74. The Hall–Kier alpha value is -2.68. The molecule has 0 saturated carbocycles. The quantitative estimate of drug-likeness (QED) is 0.280. The summed E-state index contributed by atoms with van der Waals surface area (Å²) >= 11 is 0. The molecule has 1 aliphatic rings. The Morgan fingerprint density at radius 1 is 1.21 bits per heavy atom. The number of ether oxygens (including phenoxy) is 2. The smallest absolute Gasteiger partial charge is 0.306 e. The maximum atomic E-state index is 12.3. The van der Waals surface area contributed by atoms with Crippen LogP contribution in [0.5, 0.6) is 0 Å². The highest BCUT2D eigenvalue weighted by Gasteiger charge is 2.31. The Bertz CT molecular complexity index is 820. The molecule has 184 valence electrons.